The number of nitrogens with one attached hydrogen (secondary N) is 1. The highest BCUT2D eigenvalue weighted by Crippen LogP contribution is 2.41. The number of ether oxygens (including phenoxy) is 1. The minimum absolute atomic E-state index is 0.0571. The summed E-state index contributed by atoms with van der Waals surface area (Å²) < 4.78 is 33.7. The molecule has 0 aromatic carbocycles. The monoisotopic (exact) mass is 479 g/mol. The van der Waals surface area contributed by atoms with Gasteiger partial charge in [-0.2, -0.15) is 0 Å². The molecule has 4 rings (SSSR count). The van der Waals surface area contributed by atoms with Crippen molar-refractivity contribution < 1.29 is 18.3 Å². The van der Waals surface area contributed by atoms with Crippen LogP contribution in [0.4, 0.5) is 14.5 Å². The van der Waals surface area contributed by atoms with Crippen LogP contribution in [0.15, 0.2) is 12.3 Å². The van der Waals surface area contributed by atoms with Crippen LogP contribution in [0.3, 0.4) is 0 Å². The number of nitrogens with zero attached hydrogens (tertiary/aromatic N) is 4. The van der Waals surface area contributed by atoms with Crippen molar-refractivity contribution in [3.05, 3.63) is 23.5 Å². The molecule has 3 aliphatic rings. The summed E-state index contributed by atoms with van der Waals surface area (Å²) in [6.07, 6.45) is 2.28. The van der Waals surface area contributed by atoms with E-state index in [9.17, 15) is 13.6 Å². The molecule has 2 saturated heterocycles. The predicted molar refractivity (Wildman–Crippen MR) is 128 cm³/mol. The van der Waals surface area contributed by atoms with Gasteiger partial charge in [-0.15, -0.1) is 0 Å². The molecule has 1 aromatic rings. The topological polar surface area (TPSA) is 60.9 Å². The van der Waals surface area contributed by atoms with Gasteiger partial charge in [-0.25, -0.2) is 8.78 Å². The van der Waals surface area contributed by atoms with Gasteiger partial charge in [0, 0.05) is 74.9 Å². The zero-order valence-corrected chi connectivity index (χ0v) is 21.1. The van der Waals surface area contributed by atoms with Crippen LogP contribution in [-0.4, -0.2) is 91.3 Å². The standard InChI is InChI=1S/C25H39F2N5O2/c1-6-19-15-34-8-7-30(19)13-20-11-28-17(2)12-31(20)14-22(33)32-16-24(3,4)23-21(32)9-18(10-29-23)25(5,26)27/h9-10,17,19-20,28H,6-8,11-16H2,1-5H3/t17-,19-,20-/m1/s1. The zero-order valence-electron chi connectivity index (χ0n) is 21.1. The molecule has 9 heteroatoms. The number of hydrogen-bond donors (Lipinski definition) is 1. The van der Waals surface area contributed by atoms with E-state index in [1.54, 1.807) is 4.90 Å². The number of pyridine rings is 1. The summed E-state index contributed by atoms with van der Waals surface area (Å²) in [5, 5.41) is 3.56. The summed E-state index contributed by atoms with van der Waals surface area (Å²) in [4.78, 5) is 24.4. The molecule has 190 valence electrons. The van der Waals surface area contributed by atoms with Gasteiger partial charge in [0.15, 0.2) is 0 Å². The normalized spacial score (nSPS) is 28.2. The predicted octanol–water partition coefficient (Wildman–Crippen LogP) is 2.59. The molecule has 1 aromatic heterocycles. The second-order valence-corrected chi connectivity index (χ2v) is 10.9. The summed E-state index contributed by atoms with van der Waals surface area (Å²) in [5.41, 5.74) is 0.685. The quantitative estimate of drug-likeness (QED) is 0.677. The summed E-state index contributed by atoms with van der Waals surface area (Å²) in [6, 6.07) is 2.33. The molecule has 7 nitrogen and oxygen atoms in total. The maximum absolute atomic E-state index is 14.0. The third-order valence-corrected chi connectivity index (χ3v) is 7.49. The van der Waals surface area contributed by atoms with Crippen molar-refractivity contribution in [3.63, 3.8) is 0 Å². The van der Waals surface area contributed by atoms with E-state index in [-0.39, 0.29) is 35.5 Å². The second-order valence-electron chi connectivity index (χ2n) is 10.9. The maximum atomic E-state index is 14.0. The van der Waals surface area contributed by atoms with Gasteiger partial charge in [0.2, 0.25) is 5.91 Å². The van der Waals surface area contributed by atoms with Crippen LogP contribution in [0.5, 0.6) is 0 Å². The summed E-state index contributed by atoms with van der Waals surface area (Å²) >= 11 is 0. The van der Waals surface area contributed by atoms with Crippen molar-refractivity contribution in [3.8, 4) is 0 Å². The van der Waals surface area contributed by atoms with Crippen molar-refractivity contribution in [1.29, 1.82) is 0 Å². The molecule has 34 heavy (non-hydrogen) atoms. The highest BCUT2D eigenvalue weighted by atomic mass is 19.3. The lowest BCUT2D eigenvalue weighted by Crippen LogP contribution is -2.62. The third-order valence-electron chi connectivity index (χ3n) is 7.49. The van der Waals surface area contributed by atoms with Crippen LogP contribution in [0, 0.1) is 0 Å². The molecule has 2 fully saturated rings. The number of piperazine rings is 1. The van der Waals surface area contributed by atoms with E-state index in [2.05, 4.69) is 33.9 Å². The Balaban J connectivity index is 1.52. The summed E-state index contributed by atoms with van der Waals surface area (Å²) in [6.45, 7) is 14.8. The number of amides is 1. The van der Waals surface area contributed by atoms with E-state index >= 15 is 0 Å². The highest BCUT2D eigenvalue weighted by Gasteiger charge is 2.42. The Bertz CT molecular complexity index is 891. The lowest BCUT2D eigenvalue weighted by molar-refractivity contribution is -0.121. The Morgan fingerprint density at radius 3 is 2.79 bits per heavy atom. The van der Waals surface area contributed by atoms with Gasteiger partial charge in [-0.3, -0.25) is 19.6 Å². The van der Waals surface area contributed by atoms with Gasteiger partial charge in [-0.1, -0.05) is 20.8 Å². The molecule has 0 saturated carbocycles. The van der Waals surface area contributed by atoms with Gasteiger partial charge in [0.05, 0.1) is 31.1 Å². The number of morpholine rings is 1. The van der Waals surface area contributed by atoms with Crippen molar-refractivity contribution in [2.45, 2.75) is 70.5 Å². The molecule has 0 unspecified atom stereocenters. The molecular weight excluding hydrogens is 440 g/mol. The van der Waals surface area contributed by atoms with Gasteiger partial charge >= 0.3 is 0 Å². The minimum atomic E-state index is -3.00. The van der Waals surface area contributed by atoms with Gasteiger partial charge in [0.1, 0.15) is 0 Å². The van der Waals surface area contributed by atoms with Gasteiger partial charge in [0.25, 0.3) is 5.92 Å². The summed E-state index contributed by atoms with van der Waals surface area (Å²) in [7, 11) is 0. The SMILES string of the molecule is CC[C@@H]1COCCN1C[C@H]1CN[C@H](C)CN1CC(=O)N1CC(C)(C)c2ncc(C(C)(F)F)cc21. The molecule has 3 atom stereocenters. The van der Waals surface area contributed by atoms with E-state index in [0.717, 1.165) is 52.7 Å². The van der Waals surface area contributed by atoms with Gasteiger partial charge < -0.3 is 15.0 Å². The Labute approximate surface area is 201 Å². The number of carbonyl (C=O) groups is 1. The molecule has 1 N–H and O–H groups in total. The first kappa shape index (κ1) is 25.4. The first-order chi connectivity index (χ1) is 16.0. The fourth-order valence-electron chi connectivity index (χ4n) is 5.44. The molecule has 0 bridgehead atoms. The van der Waals surface area contributed by atoms with Crippen LogP contribution < -0.4 is 10.2 Å². The van der Waals surface area contributed by atoms with Crippen molar-refractivity contribution in [2.75, 3.05) is 57.4 Å². The Morgan fingerprint density at radius 1 is 1.32 bits per heavy atom. The Hall–Kier alpha value is -1.68. The molecular formula is C25H39F2N5O2. The smallest absolute Gasteiger partial charge is 0.272 e. The lowest BCUT2D eigenvalue weighted by Gasteiger charge is -2.44. The maximum Gasteiger partial charge on any atom is 0.272 e. The van der Waals surface area contributed by atoms with E-state index < -0.39 is 5.92 Å². The number of alkyl halides is 2. The number of rotatable bonds is 6. The zero-order chi connectivity index (χ0) is 24.7. The average Bonchev–Trinajstić information content (AvgIpc) is 3.06. The fourth-order valence-corrected chi connectivity index (χ4v) is 5.44. The van der Waals surface area contributed by atoms with Crippen molar-refractivity contribution >= 4 is 11.6 Å². The van der Waals surface area contributed by atoms with E-state index in [1.807, 2.05) is 13.8 Å². The Morgan fingerprint density at radius 2 is 2.09 bits per heavy atom. The number of anilines is 1. The second kappa shape index (κ2) is 9.76. The fraction of sp³-hybridized carbons (Fsp3) is 0.760. The summed E-state index contributed by atoms with van der Waals surface area (Å²) in [5.74, 6) is -3.06. The molecule has 3 aliphatic heterocycles. The number of halogens is 2. The average molecular weight is 480 g/mol. The Kier molecular flexibility index (Phi) is 7.29. The van der Waals surface area contributed by atoms with Crippen LogP contribution in [0.25, 0.3) is 0 Å². The van der Waals surface area contributed by atoms with Crippen LogP contribution in [0.2, 0.25) is 0 Å². The van der Waals surface area contributed by atoms with E-state index in [0.29, 0.717) is 24.0 Å². The molecule has 0 radical (unpaired) electrons. The molecule has 0 spiro atoms. The van der Waals surface area contributed by atoms with Crippen molar-refractivity contribution in [1.82, 2.24) is 20.1 Å². The number of aromatic nitrogens is 1. The largest absolute Gasteiger partial charge is 0.378 e. The first-order valence-electron chi connectivity index (χ1n) is 12.5. The van der Waals surface area contributed by atoms with Gasteiger partial charge in [-0.05, 0) is 19.4 Å². The van der Waals surface area contributed by atoms with E-state index in [4.69, 9.17) is 4.74 Å². The minimum Gasteiger partial charge on any atom is -0.378 e. The molecule has 1 amide bonds. The van der Waals surface area contributed by atoms with Crippen LogP contribution in [0.1, 0.15) is 52.3 Å². The number of fused-ring (bicyclic) bond motifs is 1. The first-order valence-corrected chi connectivity index (χ1v) is 12.5. The van der Waals surface area contributed by atoms with Crippen LogP contribution in [-0.2, 0) is 20.9 Å². The lowest BCUT2D eigenvalue weighted by atomic mass is 9.91. The van der Waals surface area contributed by atoms with Crippen molar-refractivity contribution in [2.24, 2.45) is 0 Å². The van der Waals surface area contributed by atoms with Crippen LogP contribution >= 0.6 is 0 Å². The third kappa shape index (κ3) is 5.27. The highest BCUT2D eigenvalue weighted by molar-refractivity contribution is 5.97. The molecule has 0 aliphatic carbocycles. The van der Waals surface area contributed by atoms with E-state index in [1.165, 1.54) is 12.3 Å². The number of carbonyl (C=O) groups excluding carboxylic acids is 1. The molecule has 4 heterocycles. The number of hydrogen-bond acceptors (Lipinski definition) is 6.